The molecule has 6 heteroatoms. The third-order valence-electron chi connectivity index (χ3n) is 4.29. The van der Waals surface area contributed by atoms with Gasteiger partial charge in [0.1, 0.15) is 11.8 Å². The van der Waals surface area contributed by atoms with Crippen LogP contribution in [0, 0.1) is 0 Å². The third kappa shape index (κ3) is 3.55. The van der Waals surface area contributed by atoms with E-state index in [1.54, 1.807) is 12.1 Å². The molecular formula is C19H19N3O3. The molecule has 0 unspecified atom stereocenters. The molecule has 1 aliphatic heterocycles. The number of aromatic hydroxyl groups is 1. The first kappa shape index (κ1) is 15.8. The highest BCUT2D eigenvalue weighted by atomic mass is 16.5. The van der Waals surface area contributed by atoms with Crippen molar-refractivity contribution in [3.63, 3.8) is 0 Å². The first-order valence-electron chi connectivity index (χ1n) is 8.28. The summed E-state index contributed by atoms with van der Waals surface area (Å²) in [5.41, 5.74) is 1.96. The van der Waals surface area contributed by atoms with E-state index in [9.17, 15) is 5.11 Å². The van der Waals surface area contributed by atoms with Gasteiger partial charge >= 0.3 is 0 Å². The topological polar surface area (TPSA) is 71.6 Å². The van der Waals surface area contributed by atoms with Crippen molar-refractivity contribution in [1.29, 1.82) is 0 Å². The molecule has 4 rings (SSSR count). The van der Waals surface area contributed by atoms with Crippen molar-refractivity contribution in [3.05, 3.63) is 66.1 Å². The molecule has 0 bridgehead atoms. The van der Waals surface area contributed by atoms with Crippen molar-refractivity contribution >= 4 is 0 Å². The fourth-order valence-corrected chi connectivity index (χ4v) is 3.02. The lowest BCUT2D eigenvalue weighted by atomic mass is 10.1. The van der Waals surface area contributed by atoms with Crippen LogP contribution in [-0.2, 0) is 11.3 Å². The summed E-state index contributed by atoms with van der Waals surface area (Å²) in [6, 6.07) is 17.0. The van der Waals surface area contributed by atoms with Crippen molar-refractivity contribution in [1.82, 2.24) is 15.0 Å². The average molecular weight is 337 g/mol. The number of hydrogen-bond donors (Lipinski definition) is 1. The highest BCUT2D eigenvalue weighted by molar-refractivity contribution is 5.53. The van der Waals surface area contributed by atoms with Gasteiger partial charge in [0.15, 0.2) is 0 Å². The highest BCUT2D eigenvalue weighted by Crippen LogP contribution is 2.27. The number of ether oxygens (including phenoxy) is 1. The Hall–Kier alpha value is -2.70. The lowest BCUT2D eigenvalue weighted by Gasteiger charge is -2.33. The van der Waals surface area contributed by atoms with Gasteiger partial charge in [0.25, 0.3) is 0 Å². The van der Waals surface area contributed by atoms with Crippen LogP contribution in [0.1, 0.15) is 17.5 Å². The molecule has 3 aromatic rings. The fraction of sp³-hybridized carbons (Fsp3) is 0.263. The second-order valence-electron chi connectivity index (χ2n) is 6.05. The molecule has 1 atom stereocenters. The quantitative estimate of drug-likeness (QED) is 0.789. The van der Waals surface area contributed by atoms with Gasteiger partial charge in [-0.05, 0) is 17.7 Å². The summed E-state index contributed by atoms with van der Waals surface area (Å²) in [6.45, 7) is 2.62. The number of aromatic nitrogens is 2. The molecule has 0 spiro atoms. The van der Waals surface area contributed by atoms with E-state index in [-0.39, 0.29) is 11.8 Å². The Morgan fingerprint density at radius 1 is 1.12 bits per heavy atom. The number of rotatable bonds is 4. The normalized spacial score (nSPS) is 18.3. The maximum atomic E-state index is 9.67. The lowest BCUT2D eigenvalue weighted by molar-refractivity contribution is -0.0241. The van der Waals surface area contributed by atoms with E-state index < -0.39 is 0 Å². The van der Waals surface area contributed by atoms with Crippen LogP contribution in [0.5, 0.6) is 5.75 Å². The van der Waals surface area contributed by atoms with Crippen LogP contribution < -0.4 is 0 Å². The Balaban J connectivity index is 1.56. The lowest BCUT2D eigenvalue weighted by Crippen LogP contribution is -2.39. The third-order valence-corrected chi connectivity index (χ3v) is 4.29. The molecule has 128 valence electrons. The summed E-state index contributed by atoms with van der Waals surface area (Å²) in [7, 11) is 0. The number of phenolic OH excluding ortho intramolecular Hbond substituents is 1. The van der Waals surface area contributed by atoms with Crippen LogP contribution in [-0.4, -0.2) is 39.9 Å². The summed E-state index contributed by atoms with van der Waals surface area (Å²) in [5, 5.41) is 13.8. The summed E-state index contributed by atoms with van der Waals surface area (Å²) < 4.78 is 11.1. The van der Waals surface area contributed by atoms with E-state index in [4.69, 9.17) is 9.26 Å². The van der Waals surface area contributed by atoms with Crippen LogP contribution in [0.3, 0.4) is 0 Å². The second-order valence-corrected chi connectivity index (χ2v) is 6.05. The first-order valence-corrected chi connectivity index (χ1v) is 8.28. The molecule has 0 saturated carbocycles. The second kappa shape index (κ2) is 7.04. The zero-order valence-corrected chi connectivity index (χ0v) is 13.7. The molecule has 1 aromatic heterocycles. The van der Waals surface area contributed by atoms with Gasteiger partial charge in [-0.15, -0.1) is 0 Å². The molecule has 2 aromatic carbocycles. The Kier molecular flexibility index (Phi) is 4.45. The molecule has 1 fully saturated rings. The molecule has 25 heavy (non-hydrogen) atoms. The number of nitrogens with zero attached hydrogens (tertiary/aromatic N) is 3. The molecule has 1 aliphatic rings. The zero-order chi connectivity index (χ0) is 17.1. The van der Waals surface area contributed by atoms with Crippen molar-refractivity contribution < 1.29 is 14.4 Å². The van der Waals surface area contributed by atoms with Gasteiger partial charge in [0.05, 0.1) is 13.2 Å². The van der Waals surface area contributed by atoms with Gasteiger partial charge in [0.2, 0.25) is 11.7 Å². The molecule has 2 heterocycles. The van der Waals surface area contributed by atoms with Gasteiger partial charge in [-0.2, -0.15) is 4.98 Å². The molecule has 1 N–H and O–H groups in total. The molecule has 6 nitrogen and oxygen atoms in total. The van der Waals surface area contributed by atoms with Gasteiger partial charge in [-0.3, -0.25) is 4.90 Å². The van der Waals surface area contributed by atoms with Gasteiger partial charge in [0, 0.05) is 18.7 Å². The van der Waals surface area contributed by atoms with E-state index in [0.29, 0.717) is 31.5 Å². The van der Waals surface area contributed by atoms with E-state index in [2.05, 4.69) is 15.0 Å². The summed E-state index contributed by atoms with van der Waals surface area (Å²) in [6.07, 6.45) is 0. The fourth-order valence-electron chi connectivity index (χ4n) is 3.02. The van der Waals surface area contributed by atoms with Crippen LogP contribution in [0.2, 0.25) is 0 Å². The zero-order valence-electron chi connectivity index (χ0n) is 13.7. The van der Waals surface area contributed by atoms with Crippen LogP contribution in [0.15, 0.2) is 59.1 Å². The van der Waals surface area contributed by atoms with Gasteiger partial charge in [-0.25, -0.2) is 0 Å². The van der Waals surface area contributed by atoms with Gasteiger partial charge < -0.3 is 14.4 Å². The standard InChI is InChI=1S/C19H19N3O3/c23-16-8-4-5-14(11-16)12-22-9-10-24-13-17(22)19-20-18(21-25-19)15-6-2-1-3-7-15/h1-8,11,17,23H,9-10,12-13H2/t17-/m1/s1. The minimum absolute atomic E-state index is 0.0962. The first-order chi connectivity index (χ1) is 12.3. The minimum atomic E-state index is -0.0962. The van der Waals surface area contributed by atoms with Crippen LogP contribution >= 0.6 is 0 Å². The average Bonchev–Trinajstić information content (AvgIpc) is 3.13. The monoisotopic (exact) mass is 337 g/mol. The smallest absolute Gasteiger partial charge is 0.246 e. The highest BCUT2D eigenvalue weighted by Gasteiger charge is 2.29. The summed E-state index contributed by atoms with van der Waals surface area (Å²) >= 11 is 0. The van der Waals surface area contributed by atoms with Crippen molar-refractivity contribution in [2.75, 3.05) is 19.8 Å². The SMILES string of the molecule is Oc1cccc(CN2CCOC[C@@H]2c2nc(-c3ccccc3)no2)c1. The number of morpholine rings is 1. The van der Waals surface area contributed by atoms with Crippen LogP contribution in [0.4, 0.5) is 0 Å². The molecule has 1 saturated heterocycles. The summed E-state index contributed by atoms with van der Waals surface area (Å²) in [5.74, 6) is 1.41. The number of hydrogen-bond acceptors (Lipinski definition) is 6. The van der Waals surface area contributed by atoms with E-state index in [0.717, 1.165) is 17.7 Å². The molecule has 0 amide bonds. The maximum Gasteiger partial charge on any atom is 0.246 e. The Labute approximate surface area is 145 Å². The molecule has 0 aliphatic carbocycles. The Bertz CT molecular complexity index is 835. The van der Waals surface area contributed by atoms with Gasteiger partial charge in [-0.1, -0.05) is 47.6 Å². The van der Waals surface area contributed by atoms with Crippen molar-refractivity contribution in [2.45, 2.75) is 12.6 Å². The molecular weight excluding hydrogens is 318 g/mol. The number of phenols is 1. The maximum absolute atomic E-state index is 9.67. The minimum Gasteiger partial charge on any atom is -0.508 e. The predicted molar refractivity (Wildman–Crippen MR) is 91.8 cm³/mol. The van der Waals surface area contributed by atoms with E-state index >= 15 is 0 Å². The molecule has 0 radical (unpaired) electrons. The Morgan fingerprint density at radius 2 is 2.00 bits per heavy atom. The Morgan fingerprint density at radius 3 is 2.84 bits per heavy atom. The van der Waals surface area contributed by atoms with Crippen LogP contribution in [0.25, 0.3) is 11.4 Å². The van der Waals surface area contributed by atoms with E-state index in [1.807, 2.05) is 42.5 Å². The summed E-state index contributed by atoms with van der Waals surface area (Å²) in [4.78, 5) is 6.80. The number of benzene rings is 2. The van der Waals surface area contributed by atoms with Crippen molar-refractivity contribution in [3.8, 4) is 17.1 Å². The predicted octanol–water partition coefficient (Wildman–Crippen LogP) is 3.02. The van der Waals surface area contributed by atoms with E-state index in [1.165, 1.54) is 0 Å². The van der Waals surface area contributed by atoms with Crippen molar-refractivity contribution in [2.24, 2.45) is 0 Å². The largest absolute Gasteiger partial charge is 0.508 e.